The van der Waals surface area contributed by atoms with Crippen molar-refractivity contribution in [1.82, 2.24) is 15.1 Å². The van der Waals surface area contributed by atoms with Gasteiger partial charge < -0.3 is 10.2 Å². The molecule has 2 heterocycles. The van der Waals surface area contributed by atoms with E-state index in [4.69, 9.17) is 0 Å². The number of hydrogen-bond acceptors (Lipinski definition) is 3. The van der Waals surface area contributed by atoms with Crippen LogP contribution in [0.15, 0.2) is 30.3 Å². The van der Waals surface area contributed by atoms with Crippen LogP contribution < -0.4 is 5.32 Å². The number of carbonyl (C=O) groups is 2. The highest BCUT2D eigenvalue weighted by molar-refractivity contribution is 5.94. The number of halogens is 2. The van der Waals surface area contributed by atoms with Crippen molar-refractivity contribution in [3.8, 4) is 0 Å². The molecule has 0 bridgehead atoms. The second-order valence-corrected chi connectivity index (χ2v) is 6.55. The van der Waals surface area contributed by atoms with E-state index in [2.05, 4.69) is 5.32 Å². The van der Waals surface area contributed by atoms with Crippen molar-refractivity contribution >= 4 is 11.8 Å². The van der Waals surface area contributed by atoms with Crippen LogP contribution in [0.1, 0.15) is 23.7 Å². The number of benzene rings is 1. The first-order chi connectivity index (χ1) is 11.4. The predicted molar refractivity (Wildman–Crippen MR) is 84.9 cm³/mol. The Morgan fingerprint density at radius 3 is 2.54 bits per heavy atom. The summed E-state index contributed by atoms with van der Waals surface area (Å²) in [5, 5.41) is 2.62. The zero-order chi connectivity index (χ0) is 17.3. The number of amides is 2. The van der Waals surface area contributed by atoms with E-state index in [0.29, 0.717) is 18.7 Å². The van der Waals surface area contributed by atoms with Crippen LogP contribution in [0.25, 0.3) is 0 Å². The van der Waals surface area contributed by atoms with Gasteiger partial charge in [0.05, 0.1) is 6.54 Å². The predicted octanol–water partition coefficient (Wildman–Crippen LogP) is 1.36. The van der Waals surface area contributed by atoms with Crippen LogP contribution in [0.2, 0.25) is 0 Å². The summed E-state index contributed by atoms with van der Waals surface area (Å²) >= 11 is 0. The third-order valence-corrected chi connectivity index (χ3v) is 4.64. The molecule has 5 nitrogen and oxygen atoms in total. The highest BCUT2D eigenvalue weighted by Gasteiger charge is 2.50. The SMILES string of the molecule is CC(=O)NC[C@@H]1CC(F)(F)CN1C1CN(C(=O)c2ccccc2)C1. The number of alkyl halides is 2. The minimum absolute atomic E-state index is 0.0729. The second kappa shape index (κ2) is 6.47. The van der Waals surface area contributed by atoms with Gasteiger partial charge in [-0.15, -0.1) is 0 Å². The normalized spacial score (nSPS) is 23.8. The number of nitrogens with one attached hydrogen (secondary N) is 1. The molecule has 7 heteroatoms. The summed E-state index contributed by atoms with van der Waals surface area (Å²) in [5.74, 6) is -3.04. The lowest BCUT2D eigenvalue weighted by atomic mass is 10.0. The third kappa shape index (κ3) is 3.56. The first-order valence-electron chi connectivity index (χ1n) is 8.08. The van der Waals surface area contributed by atoms with Crippen LogP contribution in [0.3, 0.4) is 0 Å². The summed E-state index contributed by atoms with van der Waals surface area (Å²) in [6, 6.07) is 8.48. The van der Waals surface area contributed by atoms with Crippen molar-refractivity contribution in [2.24, 2.45) is 0 Å². The van der Waals surface area contributed by atoms with Gasteiger partial charge in [-0.1, -0.05) is 18.2 Å². The Morgan fingerprint density at radius 2 is 1.92 bits per heavy atom. The van der Waals surface area contributed by atoms with E-state index in [-0.39, 0.29) is 43.4 Å². The Kier molecular flexibility index (Phi) is 4.54. The molecule has 0 aromatic heterocycles. The molecule has 0 unspecified atom stereocenters. The molecule has 3 rings (SSSR count). The fraction of sp³-hybridized carbons (Fsp3) is 0.529. The van der Waals surface area contributed by atoms with Crippen LogP contribution >= 0.6 is 0 Å². The maximum Gasteiger partial charge on any atom is 0.262 e. The second-order valence-electron chi connectivity index (χ2n) is 6.55. The average molecular weight is 337 g/mol. The summed E-state index contributed by atoms with van der Waals surface area (Å²) in [6.45, 7) is 2.17. The van der Waals surface area contributed by atoms with Gasteiger partial charge in [0.25, 0.3) is 11.8 Å². The van der Waals surface area contributed by atoms with Gasteiger partial charge >= 0.3 is 0 Å². The Balaban J connectivity index is 1.59. The molecule has 130 valence electrons. The fourth-order valence-electron chi connectivity index (χ4n) is 3.40. The Morgan fingerprint density at radius 1 is 1.25 bits per heavy atom. The molecule has 2 amide bonds. The molecule has 1 N–H and O–H groups in total. The molecule has 2 aliphatic rings. The first-order valence-corrected chi connectivity index (χ1v) is 8.08. The van der Waals surface area contributed by atoms with E-state index >= 15 is 0 Å². The summed E-state index contributed by atoms with van der Waals surface area (Å²) in [5.41, 5.74) is 0.609. The molecule has 2 fully saturated rings. The summed E-state index contributed by atoms with van der Waals surface area (Å²) < 4.78 is 27.6. The van der Waals surface area contributed by atoms with Crippen molar-refractivity contribution < 1.29 is 18.4 Å². The molecule has 2 aliphatic heterocycles. The van der Waals surface area contributed by atoms with Crippen LogP contribution in [0.5, 0.6) is 0 Å². The van der Waals surface area contributed by atoms with E-state index in [1.54, 1.807) is 34.1 Å². The molecule has 1 aromatic carbocycles. The van der Waals surface area contributed by atoms with E-state index in [1.807, 2.05) is 6.07 Å². The van der Waals surface area contributed by atoms with Gasteiger partial charge in [0.15, 0.2) is 0 Å². The van der Waals surface area contributed by atoms with Crippen LogP contribution in [-0.4, -0.2) is 65.8 Å². The van der Waals surface area contributed by atoms with Crippen molar-refractivity contribution in [1.29, 1.82) is 0 Å². The zero-order valence-electron chi connectivity index (χ0n) is 13.5. The van der Waals surface area contributed by atoms with Crippen molar-refractivity contribution in [3.05, 3.63) is 35.9 Å². The molecule has 0 radical (unpaired) electrons. The van der Waals surface area contributed by atoms with Crippen LogP contribution in [0, 0.1) is 0 Å². The largest absolute Gasteiger partial charge is 0.355 e. The number of carbonyl (C=O) groups excluding carboxylic acids is 2. The monoisotopic (exact) mass is 337 g/mol. The number of nitrogens with zero attached hydrogens (tertiary/aromatic N) is 2. The van der Waals surface area contributed by atoms with Gasteiger partial charge in [-0.05, 0) is 12.1 Å². The standard InChI is InChI=1S/C17H21F2N3O2/c1-12(23)20-8-14-7-17(18,19)11-22(14)15-9-21(10-15)16(24)13-5-3-2-4-6-13/h2-6,14-15H,7-11H2,1H3,(H,20,23)/t14-/m0/s1. The lowest BCUT2D eigenvalue weighted by Gasteiger charge is -2.46. The topological polar surface area (TPSA) is 52.7 Å². The Bertz CT molecular complexity index is 618. The smallest absolute Gasteiger partial charge is 0.262 e. The average Bonchev–Trinajstić information content (AvgIpc) is 2.79. The van der Waals surface area contributed by atoms with E-state index in [9.17, 15) is 18.4 Å². The van der Waals surface area contributed by atoms with E-state index < -0.39 is 5.92 Å². The zero-order valence-corrected chi connectivity index (χ0v) is 13.5. The van der Waals surface area contributed by atoms with E-state index in [0.717, 1.165) is 0 Å². The van der Waals surface area contributed by atoms with Crippen LogP contribution in [0.4, 0.5) is 8.78 Å². The molecule has 1 aromatic rings. The highest BCUT2D eigenvalue weighted by atomic mass is 19.3. The molecule has 1 atom stereocenters. The minimum Gasteiger partial charge on any atom is -0.355 e. The fourth-order valence-corrected chi connectivity index (χ4v) is 3.40. The molecule has 2 saturated heterocycles. The summed E-state index contributed by atoms with van der Waals surface area (Å²) in [7, 11) is 0. The Hall–Kier alpha value is -2.02. The lowest BCUT2D eigenvalue weighted by molar-refractivity contribution is -0.119. The van der Waals surface area contributed by atoms with Gasteiger partial charge in [0.1, 0.15) is 0 Å². The van der Waals surface area contributed by atoms with Gasteiger partial charge in [0, 0.05) is 50.6 Å². The molecule has 0 aliphatic carbocycles. The van der Waals surface area contributed by atoms with Crippen molar-refractivity contribution in [2.75, 3.05) is 26.2 Å². The van der Waals surface area contributed by atoms with Gasteiger partial charge in [-0.2, -0.15) is 0 Å². The molecular formula is C17H21F2N3O2. The van der Waals surface area contributed by atoms with E-state index in [1.165, 1.54) is 6.92 Å². The molecular weight excluding hydrogens is 316 g/mol. The lowest BCUT2D eigenvalue weighted by Crippen LogP contribution is -2.63. The quantitative estimate of drug-likeness (QED) is 0.903. The number of rotatable bonds is 4. The summed E-state index contributed by atoms with van der Waals surface area (Å²) in [6.07, 6.45) is -0.254. The number of likely N-dealkylation sites (tertiary alicyclic amines) is 2. The third-order valence-electron chi connectivity index (χ3n) is 4.64. The molecule has 0 saturated carbocycles. The maximum atomic E-state index is 13.8. The minimum atomic E-state index is -2.74. The van der Waals surface area contributed by atoms with Gasteiger partial charge in [-0.25, -0.2) is 8.78 Å². The Labute approximate surface area is 139 Å². The van der Waals surface area contributed by atoms with Crippen molar-refractivity contribution in [3.63, 3.8) is 0 Å². The molecule has 24 heavy (non-hydrogen) atoms. The number of hydrogen-bond donors (Lipinski definition) is 1. The summed E-state index contributed by atoms with van der Waals surface area (Å²) in [4.78, 5) is 26.8. The van der Waals surface area contributed by atoms with Crippen molar-refractivity contribution in [2.45, 2.75) is 31.4 Å². The highest BCUT2D eigenvalue weighted by Crippen LogP contribution is 2.35. The van der Waals surface area contributed by atoms with Crippen LogP contribution in [-0.2, 0) is 4.79 Å². The first kappa shape index (κ1) is 16.8. The van der Waals surface area contributed by atoms with Gasteiger partial charge in [0.2, 0.25) is 5.91 Å². The maximum absolute atomic E-state index is 13.8. The molecule has 0 spiro atoms. The van der Waals surface area contributed by atoms with Gasteiger partial charge in [-0.3, -0.25) is 14.5 Å².